The lowest BCUT2D eigenvalue weighted by Crippen LogP contribution is -2.45. The summed E-state index contributed by atoms with van der Waals surface area (Å²) in [7, 11) is 1.88. The van der Waals surface area contributed by atoms with Gasteiger partial charge in [-0.05, 0) is 50.3 Å². The summed E-state index contributed by atoms with van der Waals surface area (Å²) < 4.78 is 1.77. The van der Waals surface area contributed by atoms with Crippen molar-refractivity contribution in [2.24, 2.45) is 12.5 Å². The predicted molar refractivity (Wildman–Crippen MR) is 94.6 cm³/mol. The first-order chi connectivity index (χ1) is 11.7. The number of likely N-dealkylation sites (tertiary alicyclic amines) is 1. The molecule has 1 aliphatic carbocycles. The molecule has 2 fully saturated rings. The van der Waals surface area contributed by atoms with Gasteiger partial charge in [0, 0.05) is 26.3 Å². The number of piperidine rings is 1. The molecule has 2 aliphatic rings. The first-order valence-corrected chi connectivity index (χ1v) is 9.38. The van der Waals surface area contributed by atoms with Crippen LogP contribution in [0.1, 0.15) is 50.6 Å². The van der Waals surface area contributed by atoms with Gasteiger partial charge in [0.25, 0.3) is 0 Å². The highest BCUT2D eigenvalue weighted by Crippen LogP contribution is 2.44. The van der Waals surface area contributed by atoms with E-state index in [1.807, 2.05) is 13.1 Å². The van der Waals surface area contributed by atoms with Crippen molar-refractivity contribution in [2.45, 2.75) is 51.5 Å². The third kappa shape index (κ3) is 4.50. The minimum atomic E-state index is -0.100. The highest BCUT2D eigenvalue weighted by Gasteiger charge is 2.35. The van der Waals surface area contributed by atoms with Gasteiger partial charge < -0.3 is 15.5 Å². The van der Waals surface area contributed by atoms with E-state index in [0.29, 0.717) is 18.5 Å². The van der Waals surface area contributed by atoms with E-state index in [1.165, 1.54) is 58.0 Å². The lowest BCUT2D eigenvalue weighted by atomic mass is 9.68. The molecule has 0 atom stereocenters. The zero-order chi connectivity index (χ0) is 16.8. The molecule has 2 amide bonds. The zero-order valence-electron chi connectivity index (χ0n) is 14.9. The SMILES string of the molecule is Cn1nccc1CNC(=O)NCCN1CCC2(CCCCC2)CC1. The third-order valence-corrected chi connectivity index (χ3v) is 5.90. The minimum absolute atomic E-state index is 0.100. The summed E-state index contributed by atoms with van der Waals surface area (Å²) >= 11 is 0. The predicted octanol–water partition coefficient (Wildman–Crippen LogP) is 2.27. The van der Waals surface area contributed by atoms with E-state index < -0.39 is 0 Å². The molecular weight excluding hydrogens is 302 g/mol. The number of hydrogen-bond acceptors (Lipinski definition) is 3. The molecule has 0 radical (unpaired) electrons. The van der Waals surface area contributed by atoms with Gasteiger partial charge in [-0.1, -0.05) is 19.3 Å². The van der Waals surface area contributed by atoms with Crippen molar-refractivity contribution in [3.05, 3.63) is 18.0 Å². The molecule has 0 aromatic carbocycles. The molecule has 2 heterocycles. The molecule has 1 saturated heterocycles. The van der Waals surface area contributed by atoms with E-state index in [2.05, 4.69) is 20.6 Å². The van der Waals surface area contributed by atoms with Crippen LogP contribution in [-0.2, 0) is 13.6 Å². The van der Waals surface area contributed by atoms with Crippen molar-refractivity contribution in [2.75, 3.05) is 26.2 Å². The number of urea groups is 1. The van der Waals surface area contributed by atoms with Gasteiger partial charge in [-0.25, -0.2) is 4.79 Å². The fourth-order valence-corrected chi connectivity index (χ4v) is 4.19. The second-order valence-electron chi connectivity index (χ2n) is 7.46. The summed E-state index contributed by atoms with van der Waals surface area (Å²) in [5.74, 6) is 0. The zero-order valence-corrected chi connectivity index (χ0v) is 14.9. The van der Waals surface area contributed by atoms with Crippen molar-refractivity contribution in [1.29, 1.82) is 0 Å². The topological polar surface area (TPSA) is 62.2 Å². The van der Waals surface area contributed by atoms with Crippen LogP contribution in [0.4, 0.5) is 4.79 Å². The van der Waals surface area contributed by atoms with E-state index in [4.69, 9.17) is 0 Å². The van der Waals surface area contributed by atoms with Crippen molar-refractivity contribution in [3.63, 3.8) is 0 Å². The Kier molecular flexibility index (Phi) is 5.76. The van der Waals surface area contributed by atoms with E-state index in [0.717, 1.165) is 12.2 Å². The van der Waals surface area contributed by atoms with Crippen LogP contribution >= 0.6 is 0 Å². The average Bonchev–Trinajstić information content (AvgIpc) is 3.01. The highest BCUT2D eigenvalue weighted by molar-refractivity contribution is 5.73. The minimum Gasteiger partial charge on any atom is -0.337 e. The maximum Gasteiger partial charge on any atom is 0.315 e. The van der Waals surface area contributed by atoms with Gasteiger partial charge in [-0.3, -0.25) is 4.68 Å². The Morgan fingerprint density at radius 1 is 1.17 bits per heavy atom. The smallest absolute Gasteiger partial charge is 0.315 e. The Balaban J connectivity index is 1.29. The normalized spacial score (nSPS) is 20.9. The highest BCUT2D eigenvalue weighted by atomic mass is 16.2. The van der Waals surface area contributed by atoms with Gasteiger partial charge in [0.1, 0.15) is 0 Å². The number of amides is 2. The summed E-state index contributed by atoms with van der Waals surface area (Å²) in [5.41, 5.74) is 1.65. The summed E-state index contributed by atoms with van der Waals surface area (Å²) in [6, 6.07) is 1.81. The quantitative estimate of drug-likeness (QED) is 0.869. The number of rotatable bonds is 5. The van der Waals surface area contributed by atoms with Gasteiger partial charge in [-0.2, -0.15) is 5.10 Å². The van der Waals surface area contributed by atoms with Gasteiger partial charge in [0.2, 0.25) is 0 Å². The molecule has 6 nitrogen and oxygen atoms in total. The molecule has 2 N–H and O–H groups in total. The van der Waals surface area contributed by atoms with Crippen molar-refractivity contribution >= 4 is 6.03 Å². The Morgan fingerprint density at radius 3 is 2.58 bits per heavy atom. The number of nitrogens with zero attached hydrogens (tertiary/aromatic N) is 3. The fourth-order valence-electron chi connectivity index (χ4n) is 4.19. The number of carbonyl (C=O) groups is 1. The number of hydrogen-bond donors (Lipinski definition) is 2. The molecule has 0 bridgehead atoms. The van der Waals surface area contributed by atoms with Crippen molar-refractivity contribution < 1.29 is 4.79 Å². The van der Waals surface area contributed by atoms with Crippen molar-refractivity contribution in [3.8, 4) is 0 Å². The third-order valence-electron chi connectivity index (χ3n) is 5.90. The number of aryl methyl sites for hydroxylation is 1. The van der Waals surface area contributed by atoms with E-state index in [1.54, 1.807) is 10.9 Å². The summed E-state index contributed by atoms with van der Waals surface area (Å²) in [5, 5.41) is 9.93. The molecule has 24 heavy (non-hydrogen) atoms. The lowest BCUT2D eigenvalue weighted by Gasteiger charge is -2.44. The molecule has 134 valence electrons. The molecule has 6 heteroatoms. The van der Waals surface area contributed by atoms with E-state index in [9.17, 15) is 4.79 Å². The lowest BCUT2D eigenvalue weighted by molar-refractivity contribution is 0.0686. The molecular formula is C18H31N5O. The first kappa shape index (κ1) is 17.3. The Hall–Kier alpha value is -1.56. The maximum atomic E-state index is 11.9. The molecule has 1 aromatic rings. The first-order valence-electron chi connectivity index (χ1n) is 9.38. The van der Waals surface area contributed by atoms with Gasteiger partial charge in [0.05, 0.1) is 12.2 Å². The van der Waals surface area contributed by atoms with Crippen LogP contribution in [0.15, 0.2) is 12.3 Å². The monoisotopic (exact) mass is 333 g/mol. The van der Waals surface area contributed by atoms with E-state index >= 15 is 0 Å². The Bertz CT molecular complexity index is 525. The summed E-state index contributed by atoms with van der Waals surface area (Å²) in [6.07, 6.45) is 11.6. The van der Waals surface area contributed by atoms with Crippen LogP contribution in [0.3, 0.4) is 0 Å². The van der Waals surface area contributed by atoms with Crippen LogP contribution in [0, 0.1) is 5.41 Å². The molecule has 3 rings (SSSR count). The van der Waals surface area contributed by atoms with E-state index in [-0.39, 0.29) is 6.03 Å². The van der Waals surface area contributed by atoms with Crippen molar-refractivity contribution in [1.82, 2.24) is 25.3 Å². The molecule has 1 saturated carbocycles. The number of nitrogens with one attached hydrogen (secondary N) is 2. The maximum absolute atomic E-state index is 11.9. The standard InChI is InChI=1S/C18H31N5O/c1-22-16(5-10-21-22)15-20-17(24)19-11-14-23-12-8-18(9-13-23)6-3-2-4-7-18/h5,10H,2-4,6-9,11-15H2,1H3,(H2,19,20,24). The van der Waals surface area contributed by atoms with Crippen LogP contribution < -0.4 is 10.6 Å². The second-order valence-corrected chi connectivity index (χ2v) is 7.46. The number of aromatic nitrogens is 2. The van der Waals surface area contributed by atoms with Crippen LogP contribution in [0.2, 0.25) is 0 Å². The largest absolute Gasteiger partial charge is 0.337 e. The van der Waals surface area contributed by atoms with Crippen LogP contribution in [0.5, 0.6) is 0 Å². The number of carbonyl (C=O) groups excluding carboxylic acids is 1. The van der Waals surface area contributed by atoms with Gasteiger partial charge in [0.15, 0.2) is 0 Å². The van der Waals surface area contributed by atoms with Crippen LogP contribution in [-0.4, -0.2) is 46.9 Å². The average molecular weight is 333 g/mol. The summed E-state index contributed by atoms with van der Waals surface area (Å²) in [4.78, 5) is 14.4. The molecule has 1 aliphatic heterocycles. The van der Waals surface area contributed by atoms with Gasteiger partial charge >= 0.3 is 6.03 Å². The Morgan fingerprint density at radius 2 is 1.92 bits per heavy atom. The van der Waals surface area contributed by atoms with Gasteiger partial charge in [-0.15, -0.1) is 0 Å². The molecule has 1 spiro atoms. The Labute approximate surface area is 145 Å². The second kappa shape index (κ2) is 8.01. The molecule has 0 unspecified atom stereocenters. The van der Waals surface area contributed by atoms with Crippen LogP contribution in [0.25, 0.3) is 0 Å². The molecule has 1 aromatic heterocycles. The fraction of sp³-hybridized carbons (Fsp3) is 0.778. The summed E-state index contributed by atoms with van der Waals surface area (Å²) in [6.45, 7) is 4.56.